The van der Waals surface area contributed by atoms with Gasteiger partial charge in [-0.05, 0) is 21.0 Å². The molecule has 3 nitrogen and oxygen atoms in total. The first-order chi connectivity index (χ1) is 5.20. The van der Waals surface area contributed by atoms with E-state index in [1.165, 1.54) is 0 Å². The summed E-state index contributed by atoms with van der Waals surface area (Å²) in [6.45, 7) is 5.05. The fourth-order valence-electron chi connectivity index (χ4n) is 0.873. The highest BCUT2D eigenvalue weighted by Gasteiger charge is 2.18. The van der Waals surface area contributed by atoms with E-state index < -0.39 is 0 Å². The Kier molecular flexibility index (Phi) is 3.30. The third kappa shape index (κ3) is 2.77. The van der Waals surface area contributed by atoms with Gasteiger partial charge in [0, 0.05) is 12.6 Å². The van der Waals surface area contributed by atoms with Crippen LogP contribution in [0.15, 0.2) is 0 Å². The van der Waals surface area contributed by atoms with Crippen LogP contribution in [0.25, 0.3) is 0 Å². The zero-order chi connectivity index (χ0) is 8.27. The largest absolute Gasteiger partial charge is 0.378 e. The Morgan fingerprint density at radius 3 is 2.55 bits per heavy atom. The Morgan fingerprint density at radius 1 is 1.55 bits per heavy atom. The van der Waals surface area contributed by atoms with Gasteiger partial charge in [0.1, 0.15) is 0 Å². The second-order valence-electron chi connectivity index (χ2n) is 3.46. The SMILES string of the molecule is CC(CNC1COC1)N(C)C. The van der Waals surface area contributed by atoms with Gasteiger partial charge in [-0.25, -0.2) is 0 Å². The van der Waals surface area contributed by atoms with E-state index in [0.717, 1.165) is 19.8 Å². The Morgan fingerprint density at radius 2 is 2.18 bits per heavy atom. The molecule has 1 aliphatic heterocycles. The molecule has 1 rings (SSSR count). The van der Waals surface area contributed by atoms with Crippen molar-refractivity contribution < 1.29 is 4.74 Å². The summed E-state index contributed by atoms with van der Waals surface area (Å²) in [7, 11) is 4.20. The fraction of sp³-hybridized carbons (Fsp3) is 1.00. The van der Waals surface area contributed by atoms with Crippen LogP contribution < -0.4 is 5.32 Å². The highest BCUT2D eigenvalue weighted by atomic mass is 16.5. The van der Waals surface area contributed by atoms with Gasteiger partial charge in [-0.15, -0.1) is 0 Å². The van der Waals surface area contributed by atoms with E-state index >= 15 is 0 Å². The third-order valence-corrected chi connectivity index (χ3v) is 2.22. The molecule has 66 valence electrons. The molecule has 1 unspecified atom stereocenters. The molecule has 0 aromatic heterocycles. The lowest BCUT2D eigenvalue weighted by Crippen LogP contribution is -2.49. The van der Waals surface area contributed by atoms with Crippen molar-refractivity contribution in [3.05, 3.63) is 0 Å². The fourth-order valence-corrected chi connectivity index (χ4v) is 0.873. The average Bonchev–Trinajstić information content (AvgIpc) is 1.83. The molecule has 1 N–H and O–H groups in total. The lowest BCUT2D eigenvalue weighted by molar-refractivity contribution is -0.00678. The van der Waals surface area contributed by atoms with Gasteiger partial charge in [-0.3, -0.25) is 0 Å². The van der Waals surface area contributed by atoms with Crippen molar-refractivity contribution in [2.45, 2.75) is 19.0 Å². The average molecular weight is 158 g/mol. The number of hydrogen-bond donors (Lipinski definition) is 1. The van der Waals surface area contributed by atoms with Crippen LogP contribution in [0.4, 0.5) is 0 Å². The molecule has 1 atom stereocenters. The first kappa shape index (κ1) is 8.97. The number of nitrogens with one attached hydrogen (secondary N) is 1. The van der Waals surface area contributed by atoms with E-state index in [4.69, 9.17) is 4.74 Å². The maximum atomic E-state index is 5.05. The van der Waals surface area contributed by atoms with Gasteiger partial charge < -0.3 is 15.0 Å². The van der Waals surface area contributed by atoms with Gasteiger partial charge in [-0.2, -0.15) is 0 Å². The van der Waals surface area contributed by atoms with Crippen molar-refractivity contribution in [1.29, 1.82) is 0 Å². The lowest BCUT2D eigenvalue weighted by Gasteiger charge is -2.29. The third-order valence-electron chi connectivity index (χ3n) is 2.22. The Hall–Kier alpha value is -0.120. The lowest BCUT2D eigenvalue weighted by atomic mass is 10.2. The molecule has 11 heavy (non-hydrogen) atoms. The molecule has 0 spiro atoms. The smallest absolute Gasteiger partial charge is 0.0643 e. The summed E-state index contributed by atoms with van der Waals surface area (Å²) in [4.78, 5) is 2.21. The Balaban J connectivity index is 2.01. The van der Waals surface area contributed by atoms with Gasteiger partial charge >= 0.3 is 0 Å². The second-order valence-corrected chi connectivity index (χ2v) is 3.46. The predicted octanol–water partition coefficient (Wildman–Crippen LogP) is -0.0751. The van der Waals surface area contributed by atoms with Crippen LogP contribution in [0.2, 0.25) is 0 Å². The van der Waals surface area contributed by atoms with Crippen molar-refractivity contribution in [2.75, 3.05) is 33.9 Å². The highest BCUT2D eigenvalue weighted by molar-refractivity contribution is 4.75. The van der Waals surface area contributed by atoms with Gasteiger partial charge in [0.25, 0.3) is 0 Å². The van der Waals surface area contributed by atoms with E-state index in [-0.39, 0.29) is 0 Å². The van der Waals surface area contributed by atoms with Crippen LogP contribution in [0.3, 0.4) is 0 Å². The quantitative estimate of drug-likeness (QED) is 0.619. The molecule has 0 aromatic rings. The zero-order valence-electron chi connectivity index (χ0n) is 7.63. The van der Waals surface area contributed by atoms with Crippen molar-refractivity contribution in [1.82, 2.24) is 10.2 Å². The van der Waals surface area contributed by atoms with Crippen LogP contribution in [0.5, 0.6) is 0 Å². The second kappa shape index (κ2) is 4.04. The van der Waals surface area contributed by atoms with E-state index in [0.29, 0.717) is 12.1 Å². The first-order valence-corrected chi connectivity index (χ1v) is 4.17. The van der Waals surface area contributed by atoms with Gasteiger partial charge in [0.05, 0.1) is 19.3 Å². The van der Waals surface area contributed by atoms with E-state index in [9.17, 15) is 0 Å². The molecular weight excluding hydrogens is 140 g/mol. The summed E-state index contributed by atoms with van der Waals surface area (Å²) in [6.07, 6.45) is 0. The molecule has 1 saturated heterocycles. The van der Waals surface area contributed by atoms with E-state index in [2.05, 4.69) is 31.2 Å². The number of ether oxygens (including phenoxy) is 1. The molecule has 0 amide bonds. The van der Waals surface area contributed by atoms with E-state index in [1.807, 2.05) is 0 Å². The molecule has 0 radical (unpaired) electrons. The molecule has 1 fully saturated rings. The normalized spacial score (nSPS) is 21.8. The Labute approximate surface area is 68.7 Å². The maximum Gasteiger partial charge on any atom is 0.0643 e. The van der Waals surface area contributed by atoms with Crippen molar-refractivity contribution >= 4 is 0 Å². The van der Waals surface area contributed by atoms with Crippen molar-refractivity contribution in [2.24, 2.45) is 0 Å². The topological polar surface area (TPSA) is 24.5 Å². The molecule has 0 aliphatic carbocycles. The van der Waals surface area contributed by atoms with Crippen LogP contribution in [0.1, 0.15) is 6.92 Å². The minimum Gasteiger partial charge on any atom is -0.378 e. The molecule has 0 bridgehead atoms. The first-order valence-electron chi connectivity index (χ1n) is 4.17. The summed E-state index contributed by atoms with van der Waals surface area (Å²) in [5.74, 6) is 0. The number of hydrogen-bond acceptors (Lipinski definition) is 3. The minimum absolute atomic E-state index is 0.607. The van der Waals surface area contributed by atoms with Crippen molar-refractivity contribution in [3.8, 4) is 0 Å². The van der Waals surface area contributed by atoms with Gasteiger partial charge in [-0.1, -0.05) is 0 Å². The van der Waals surface area contributed by atoms with Gasteiger partial charge in [0.15, 0.2) is 0 Å². The van der Waals surface area contributed by atoms with Crippen LogP contribution >= 0.6 is 0 Å². The molecule has 3 heteroatoms. The highest BCUT2D eigenvalue weighted by Crippen LogP contribution is 1.99. The van der Waals surface area contributed by atoms with Crippen LogP contribution in [-0.4, -0.2) is 50.8 Å². The standard InChI is InChI=1S/C8H18N2O/c1-7(10(2)3)4-9-8-5-11-6-8/h7-9H,4-6H2,1-3H3. The summed E-state index contributed by atoms with van der Waals surface area (Å²) in [6, 6.07) is 1.22. The number of rotatable bonds is 4. The summed E-state index contributed by atoms with van der Waals surface area (Å²) in [5.41, 5.74) is 0. The monoisotopic (exact) mass is 158 g/mol. The predicted molar refractivity (Wildman–Crippen MR) is 45.8 cm³/mol. The summed E-state index contributed by atoms with van der Waals surface area (Å²) >= 11 is 0. The summed E-state index contributed by atoms with van der Waals surface area (Å²) in [5, 5.41) is 3.43. The summed E-state index contributed by atoms with van der Waals surface area (Å²) < 4.78 is 5.05. The molecule has 1 aliphatic rings. The minimum atomic E-state index is 0.607. The van der Waals surface area contributed by atoms with Crippen LogP contribution in [-0.2, 0) is 4.74 Å². The number of likely N-dealkylation sites (N-methyl/N-ethyl adjacent to an activating group) is 1. The Bertz CT molecular complexity index is 113. The number of nitrogens with zero attached hydrogens (tertiary/aromatic N) is 1. The van der Waals surface area contributed by atoms with E-state index in [1.54, 1.807) is 0 Å². The molecule has 0 saturated carbocycles. The van der Waals surface area contributed by atoms with Crippen LogP contribution in [0, 0.1) is 0 Å². The molecule has 1 heterocycles. The van der Waals surface area contributed by atoms with Crippen molar-refractivity contribution in [3.63, 3.8) is 0 Å². The zero-order valence-corrected chi connectivity index (χ0v) is 7.63. The molecular formula is C8H18N2O. The molecule has 0 aromatic carbocycles. The maximum absolute atomic E-state index is 5.05. The van der Waals surface area contributed by atoms with Gasteiger partial charge in [0.2, 0.25) is 0 Å².